The van der Waals surface area contributed by atoms with Crippen LogP contribution in [0.1, 0.15) is 43.4 Å². The van der Waals surface area contributed by atoms with Gasteiger partial charge in [0.1, 0.15) is 0 Å². The third-order valence-corrected chi connectivity index (χ3v) is 13.7. The molecule has 0 N–H and O–H groups in total. The molecule has 0 spiro atoms. The van der Waals surface area contributed by atoms with E-state index in [9.17, 15) is 0 Å². The van der Waals surface area contributed by atoms with E-state index in [1.165, 1.54) is 65.4 Å². The van der Waals surface area contributed by atoms with E-state index in [-0.39, 0.29) is 10.8 Å². The van der Waals surface area contributed by atoms with Crippen LogP contribution in [0.15, 0.2) is 182 Å². The van der Waals surface area contributed by atoms with Gasteiger partial charge in [-0.2, -0.15) is 0 Å². The number of benzene rings is 8. The maximum Gasteiger partial charge on any atom is 0.164 e. The maximum atomic E-state index is 5.41. The molecule has 3 nitrogen and oxygen atoms in total. The molecule has 8 aromatic carbocycles. The first kappa shape index (κ1) is 35.7. The van der Waals surface area contributed by atoms with Gasteiger partial charge in [-0.3, -0.25) is 0 Å². The SMILES string of the molecule is CC1(C2=CCC(C)(c3cc(-c4nc(-c5ccc6ccccc6c5)nc(-c5ccc6ccccc6c5)n4)c4c(c3)-c3cc5ccccc5cc3C4)C=C2)C=c2ccccc2=CC1. The number of hydrogen-bond acceptors (Lipinski definition) is 3. The first-order chi connectivity index (χ1) is 29.9. The molecule has 290 valence electrons. The molecular formula is C58H43N3. The second-order valence-electron chi connectivity index (χ2n) is 17.7. The van der Waals surface area contributed by atoms with Crippen LogP contribution in [0, 0.1) is 5.41 Å². The van der Waals surface area contributed by atoms with Crippen molar-refractivity contribution < 1.29 is 0 Å². The minimum atomic E-state index is -0.241. The Morgan fingerprint density at radius 1 is 0.443 bits per heavy atom. The first-order valence-electron chi connectivity index (χ1n) is 21.5. The largest absolute Gasteiger partial charge is 0.208 e. The van der Waals surface area contributed by atoms with Gasteiger partial charge < -0.3 is 0 Å². The van der Waals surface area contributed by atoms with Crippen molar-refractivity contribution >= 4 is 44.5 Å². The highest BCUT2D eigenvalue weighted by Gasteiger charge is 2.34. The highest BCUT2D eigenvalue weighted by Crippen LogP contribution is 2.48. The summed E-state index contributed by atoms with van der Waals surface area (Å²) < 4.78 is 0. The van der Waals surface area contributed by atoms with Crippen LogP contribution in [0.4, 0.5) is 0 Å². The van der Waals surface area contributed by atoms with Crippen molar-refractivity contribution in [2.75, 3.05) is 0 Å². The number of nitrogens with zero attached hydrogens (tertiary/aromatic N) is 3. The number of hydrogen-bond donors (Lipinski definition) is 0. The van der Waals surface area contributed by atoms with Gasteiger partial charge in [0.15, 0.2) is 17.5 Å². The van der Waals surface area contributed by atoms with Gasteiger partial charge in [0.05, 0.1) is 0 Å². The van der Waals surface area contributed by atoms with E-state index in [1.54, 1.807) is 0 Å². The van der Waals surface area contributed by atoms with E-state index in [4.69, 9.17) is 15.0 Å². The highest BCUT2D eigenvalue weighted by molar-refractivity contribution is 5.94. The van der Waals surface area contributed by atoms with Crippen LogP contribution >= 0.6 is 0 Å². The zero-order valence-electron chi connectivity index (χ0n) is 34.4. The summed E-state index contributed by atoms with van der Waals surface area (Å²) in [7, 11) is 0. The zero-order valence-corrected chi connectivity index (χ0v) is 34.4. The molecule has 9 aromatic rings. The van der Waals surface area contributed by atoms with Gasteiger partial charge >= 0.3 is 0 Å². The van der Waals surface area contributed by atoms with E-state index < -0.39 is 0 Å². The van der Waals surface area contributed by atoms with Crippen LogP contribution in [0.2, 0.25) is 0 Å². The molecule has 1 aromatic heterocycles. The topological polar surface area (TPSA) is 38.7 Å². The van der Waals surface area contributed by atoms with Crippen LogP contribution in [0.3, 0.4) is 0 Å². The van der Waals surface area contributed by atoms with Crippen molar-refractivity contribution in [3.8, 4) is 45.3 Å². The number of fused-ring (bicyclic) bond motifs is 7. The fourth-order valence-corrected chi connectivity index (χ4v) is 10.0. The van der Waals surface area contributed by atoms with Gasteiger partial charge in [0.25, 0.3) is 0 Å². The third kappa shape index (κ3) is 6.06. The minimum Gasteiger partial charge on any atom is -0.208 e. The molecule has 0 fully saturated rings. The molecule has 0 aliphatic heterocycles. The maximum absolute atomic E-state index is 5.41. The quantitative estimate of drug-likeness (QED) is 0.175. The lowest BCUT2D eigenvalue weighted by Crippen LogP contribution is -2.34. The molecule has 2 atom stereocenters. The van der Waals surface area contributed by atoms with Gasteiger partial charge in [-0.05, 0) is 126 Å². The lowest BCUT2D eigenvalue weighted by Gasteiger charge is -2.35. The smallest absolute Gasteiger partial charge is 0.164 e. The van der Waals surface area contributed by atoms with Crippen LogP contribution in [-0.4, -0.2) is 15.0 Å². The Morgan fingerprint density at radius 2 is 0.984 bits per heavy atom. The van der Waals surface area contributed by atoms with E-state index in [1.807, 2.05) is 0 Å². The lowest BCUT2D eigenvalue weighted by atomic mass is 9.69. The molecule has 0 amide bonds. The van der Waals surface area contributed by atoms with Crippen LogP contribution in [0.25, 0.3) is 89.8 Å². The Bertz CT molecular complexity index is 3400. The molecule has 3 aliphatic rings. The second kappa shape index (κ2) is 13.7. The summed E-state index contributed by atoms with van der Waals surface area (Å²) in [6, 6.07) is 57.1. The molecule has 3 heteroatoms. The number of rotatable bonds is 5. The summed E-state index contributed by atoms with van der Waals surface area (Å²) in [6.45, 7) is 4.77. The Labute approximate surface area is 355 Å². The summed E-state index contributed by atoms with van der Waals surface area (Å²) >= 11 is 0. The molecule has 0 saturated carbocycles. The Morgan fingerprint density at radius 3 is 1.62 bits per heavy atom. The second-order valence-corrected chi connectivity index (χ2v) is 17.7. The van der Waals surface area contributed by atoms with Gasteiger partial charge in [0.2, 0.25) is 0 Å². The summed E-state index contributed by atoms with van der Waals surface area (Å²) in [5.74, 6) is 2.05. The molecular weight excluding hydrogens is 739 g/mol. The molecule has 2 unspecified atom stereocenters. The Balaban J connectivity index is 1.04. The van der Waals surface area contributed by atoms with Crippen LogP contribution in [-0.2, 0) is 11.8 Å². The summed E-state index contributed by atoms with van der Waals surface area (Å²) in [5, 5.41) is 9.86. The first-order valence-corrected chi connectivity index (χ1v) is 21.5. The monoisotopic (exact) mass is 781 g/mol. The van der Waals surface area contributed by atoms with Crippen LogP contribution < -0.4 is 10.4 Å². The molecule has 0 saturated heterocycles. The fourth-order valence-electron chi connectivity index (χ4n) is 10.0. The van der Waals surface area contributed by atoms with Crippen molar-refractivity contribution in [3.63, 3.8) is 0 Å². The number of allylic oxidation sites excluding steroid dienone is 4. The van der Waals surface area contributed by atoms with E-state index in [0.29, 0.717) is 17.5 Å². The average Bonchev–Trinajstić information content (AvgIpc) is 3.67. The molecule has 0 bridgehead atoms. The molecule has 0 radical (unpaired) electrons. The molecule has 3 aliphatic carbocycles. The summed E-state index contributed by atoms with van der Waals surface area (Å²) in [6.07, 6.45) is 14.9. The van der Waals surface area contributed by atoms with Gasteiger partial charge in [0, 0.05) is 27.5 Å². The van der Waals surface area contributed by atoms with E-state index in [2.05, 4.69) is 202 Å². The normalized spacial score (nSPS) is 18.9. The standard InChI is InChI=1S/C58H43N3/c1-57(27-24-48(25-28-57)58(2)26-23-39-13-5-10-18-46(39)36-58)49-34-52-50-32-43-17-9-8-16-42(43)31-47(50)33-51(52)53(35-49)56-60-54(44-21-19-37-11-3-6-14-40(37)29-44)59-55(61-56)45-22-20-38-12-4-7-15-41(38)30-45/h3-25,27,29-32,34-36H,26,28,33H2,1-2H3. The van der Waals surface area contributed by atoms with Gasteiger partial charge in [-0.15, -0.1) is 0 Å². The predicted molar refractivity (Wildman–Crippen MR) is 253 cm³/mol. The molecule has 1 heterocycles. The number of aromatic nitrogens is 3. The Kier molecular flexibility index (Phi) is 7.99. The average molecular weight is 782 g/mol. The highest BCUT2D eigenvalue weighted by atomic mass is 15.0. The van der Waals surface area contributed by atoms with Crippen molar-refractivity contribution in [2.45, 2.75) is 38.5 Å². The van der Waals surface area contributed by atoms with Crippen molar-refractivity contribution in [3.05, 3.63) is 209 Å². The van der Waals surface area contributed by atoms with Crippen molar-refractivity contribution in [1.29, 1.82) is 0 Å². The van der Waals surface area contributed by atoms with Crippen LogP contribution in [0.5, 0.6) is 0 Å². The predicted octanol–water partition coefficient (Wildman–Crippen LogP) is 12.7. The van der Waals surface area contributed by atoms with E-state index in [0.717, 1.165) is 46.7 Å². The summed E-state index contributed by atoms with van der Waals surface area (Å²) in [5.41, 5.74) is 10.6. The summed E-state index contributed by atoms with van der Waals surface area (Å²) in [4.78, 5) is 16.1. The third-order valence-electron chi connectivity index (χ3n) is 13.7. The molecule has 12 rings (SSSR count). The van der Waals surface area contributed by atoms with Crippen molar-refractivity contribution in [2.24, 2.45) is 5.41 Å². The fraction of sp³-hybridized carbons (Fsp3) is 0.121. The van der Waals surface area contributed by atoms with Crippen molar-refractivity contribution in [1.82, 2.24) is 15.0 Å². The zero-order chi connectivity index (χ0) is 40.7. The van der Waals surface area contributed by atoms with Gasteiger partial charge in [-0.25, -0.2) is 15.0 Å². The Hall–Kier alpha value is -7.23. The minimum absolute atomic E-state index is 0.0571. The lowest BCUT2D eigenvalue weighted by molar-refractivity contribution is 0.543. The molecule has 61 heavy (non-hydrogen) atoms. The van der Waals surface area contributed by atoms with Gasteiger partial charge in [-0.1, -0.05) is 172 Å². The van der Waals surface area contributed by atoms with E-state index >= 15 is 0 Å².